The van der Waals surface area contributed by atoms with Crippen LogP contribution in [-0.2, 0) is 0 Å². The summed E-state index contributed by atoms with van der Waals surface area (Å²) in [7, 11) is 0. The Kier molecular flexibility index (Phi) is 5.00. The first-order valence-electron chi connectivity index (χ1n) is 17.3. The van der Waals surface area contributed by atoms with Crippen LogP contribution in [0.3, 0.4) is 0 Å². The molecule has 2 nitrogen and oxygen atoms in total. The molecule has 0 unspecified atom stereocenters. The molecule has 50 heavy (non-hydrogen) atoms. The zero-order valence-corrected chi connectivity index (χ0v) is 26.9. The van der Waals surface area contributed by atoms with E-state index in [4.69, 9.17) is 4.42 Å². The van der Waals surface area contributed by atoms with Crippen LogP contribution in [-0.4, -0.2) is 4.57 Å². The van der Waals surface area contributed by atoms with Crippen molar-refractivity contribution in [1.29, 1.82) is 0 Å². The zero-order valence-electron chi connectivity index (χ0n) is 26.9. The number of rotatable bonds is 2. The third-order valence-electron chi connectivity index (χ3n) is 11.1. The van der Waals surface area contributed by atoms with E-state index in [1.54, 1.807) is 0 Å². The molecule has 0 N–H and O–H groups in total. The van der Waals surface area contributed by atoms with Gasteiger partial charge in [-0.1, -0.05) is 115 Å². The first-order chi connectivity index (χ1) is 24.8. The van der Waals surface area contributed by atoms with Gasteiger partial charge < -0.3 is 8.98 Å². The SMILES string of the molecule is c1ccc2c(c1)-c1cccc3c(-c4ccc5cc(-n6c7ccccc7c7c8ccc9c%10ccccc%10oc9c8ccc76)ccc5c4)ccc-2c13. The Bertz CT molecular complexity index is 3240. The number of para-hydroxylation sites is 2. The molecule has 0 spiro atoms. The number of hydrogen-bond acceptors (Lipinski definition) is 1. The van der Waals surface area contributed by atoms with E-state index in [1.807, 2.05) is 6.07 Å². The highest BCUT2D eigenvalue weighted by Gasteiger charge is 2.22. The van der Waals surface area contributed by atoms with Crippen LogP contribution in [0.1, 0.15) is 0 Å². The maximum absolute atomic E-state index is 6.45. The Morgan fingerprint density at radius 3 is 1.94 bits per heavy atom. The predicted octanol–water partition coefficient (Wildman–Crippen LogP) is 13.5. The van der Waals surface area contributed by atoms with Crippen LogP contribution in [0.15, 0.2) is 168 Å². The number of hydrogen-bond donors (Lipinski definition) is 0. The van der Waals surface area contributed by atoms with Gasteiger partial charge in [0.1, 0.15) is 11.2 Å². The molecule has 0 radical (unpaired) electrons. The Morgan fingerprint density at radius 2 is 1.02 bits per heavy atom. The molecule has 12 rings (SSSR count). The number of aromatic nitrogens is 1. The maximum Gasteiger partial charge on any atom is 0.143 e. The van der Waals surface area contributed by atoms with Crippen molar-refractivity contribution >= 4 is 76.1 Å². The average molecular weight is 634 g/mol. The van der Waals surface area contributed by atoms with Gasteiger partial charge in [0.25, 0.3) is 0 Å². The minimum absolute atomic E-state index is 0.927. The second-order valence-corrected chi connectivity index (χ2v) is 13.6. The summed E-state index contributed by atoms with van der Waals surface area (Å²) in [6.45, 7) is 0. The average Bonchev–Trinajstić information content (AvgIpc) is 3.84. The van der Waals surface area contributed by atoms with E-state index in [2.05, 4.69) is 162 Å². The Balaban J connectivity index is 1.03. The molecule has 9 aromatic carbocycles. The molecule has 11 aromatic rings. The quantitative estimate of drug-likeness (QED) is 0.185. The van der Waals surface area contributed by atoms with E-state index in [0.29, 0.717) is 0 Å². The minimum atomic E-state index is 0.927. The van der Waals surface area contributed by atoms with Crippen LogP contribution in [0.25, 0.3) is 115 Å². The fourth-order valence-corrected chi connectivity index (χ4v) is 8.93. The molecule has 2 heteroatoms. The highest BCUT2D eigenvalue weighted by molar-refractivity contribution is 6.26. The second-order valence-electron chi connectivity index (χ2n) is 13.6. The van der Waals surface area contributed by atoms with Gasteiger partial charge in [-0.3, -0.25) is 0 Å². The van der Waals surface area contributed by atoms with Crippen LogP contribution >= 0.6 is 0 Å². The second kappa shape index (κ2) is 9.49. The van der Waals surface area contributed by atoms with E-state index < -0.39 is 0 Å². The summed E-state index contributed by atoms with van der Waals surface area (Å²) < 4.78 is 8.87. The normalized spacial score (nSPS) is 12.4. The van der Waals surface area contributed by atoms with E-state index in [-0.39, 0.29) is 0 Å². The molecule has 230 valence electrons. The molecular formula is C48H27NO. The molecule has 0 amide bonds. The van der Waals surface area contributed by atoms with Crippen LogP contribution in [0.4, 0.5) is 0 Å². The lowest BCUT2D eigenvalue weighted by Gasteiger charge is -2.12. The van der Waals surface area contributed by atoms with Crippen molar-refractivity contribution in [3.63, 3.8) is 0 Å². The summed E-state index contributed by atoms with van der Waals surface area (Å²) >= 11 is 0. The molecule has 0 atom stereocenters. The monoisotopic (exact) mass is 633 g/mol. The molecule has 0 bridgehead atoms. The molecular weight excluding hydrogens is 607 g/mol. The molecule has 0 saturated heterocycles. The zero-order chi connectivity index (χ0) is 32.5. The molecule has 0 aliphatic heterocycles. The van der Waals surface area contributed by atoms with Crippen molar-refractivity contribution < 1.29 is 4.42 Å². The van der Waals surface area contributed by atoms with Crippen LogP contribution < -0.4 is 0 Å². The van der Waals surface area contributed by atoms with E-state index >= 15 is 0 Å². The Labute approximate surface area is 287 Å². The molecule has 1 aliphatic carbocycles. The van der Waals surface area contributed by atoms with E-state index in [1.165, 1.54) is 82.1 Å². The fourth-order valence-electron chi connectivity index (χ4n) is 8.93. The van der Waals surface area contributed by atoms with Gasteiger partial charge in [0.05, 0.1) is 11.0 Å². The summed E-state index contributed by atoms with van der Waals surface area (Å²) in [5.74, 6) is 0. The van der Waals surface area contributed by atoms with Gasteiger partial charge in [-0.15, -0.1) is 0 Å². The smallest absolute Gasteiger partial charge is 0.143 e. The van der Waals surface area contributed by atoms with Gasteiger partial charge in [0.15, 0.2) is 0 Å². The fraction of sp³-hybridized carbons (Fsp3) is 0. The Hall–Kier alpha value is -6.64. The van der Waals surface area contributed by atoms with Crippen LogP contribution in [0, 0.1) is 0 Å². The number of nitrogens with zero attached hydrogens (tertiary/aromatic N) is 1. The first-order valence-corrected chi connectivity index (χ1v) is 17.3. The van der Waals surface area contributed by atoms with Crippen molar-refractivity contribution in [3.05, 3.63) is 164 Å². The standard InChI is InChI=1S/C48H27NO/c1-2-9-34-33(8-1)37-13-7-12-36-32(20-21-38(34)46(36)37)30-17-16-29-27-31(19-18-28(29)26-30)49-43-14-5-3-11-42(43)47-39-22-23-40-35-10-4-6-15-45(35)50-48(40)41(39)24-25-44(47)49/h1-27H. The lowest BCUT2D eigenvalue weighted by atomic mass is 9.93. The summed E-state index contributed by atoms with van der Waals surface area (Å²) in [6, 6.07) is 60.1. The Morgan fingerprint density at radius 1 is 0.360 bits per heavy atom. The van der Waals surface area contributed by atoms with Crippen molar-refractivity contribution in [3.8, 4) is 39.1 Å². The number of fused-ring (bicyclic) bond motifs is 13. The van der Waals surface area contributed by atoms with Crippen LogP contribution in [0.5, 0.6) is 0 Å². The van der Waals surface area contributed by atoms with E-state index in [0.717, 1.165) is 33.0 Å². The van der Waals surface area contributed by atoms with Gasteiger partial charge >= 0.3 is 0 Å². The lowest BCUT2D eigenvalue weighted by Crippen LogP contribution is -1.94. The topological polar surface area (TPSA) is 18.1 Å². The van der Waals surface area contributed by atoms with Crippen LogP contribution in [0.2, 0.25) is 0 Å². The summed E-state index contributed by atoms with van der Waals surface area (Å²) in [4.78, 5) is 0. The number of furan rings is 1. The largest absolute Gasteiger partial charge is 0.455 e. The summed E-state index contributed by atoms with van der Waals surface area (Å²) in [6.07, 6.45) is 0. The van der Waals surface area contributed by atoms with Crippen molar-refractivity contribution in [2.24, 2.45) is 0 Å². The van der Waals surface area contributed by atoms with Crippen molar-refractivity contribution in [2.75, 3.05) is 0 Å². The first kappa shape index (κ1) is 26.3. The van der Waals surface area contributed by atoms with Gasteiger partial charge in [0, 0.05) is 32.6 Å². The molecule has 0 fully saturated rings. The summed E-state index contributed by atoms with van der Waals surface area (Å²) in [5, 5.41) is 12.3. The molecule has 2 heterocycles. The van der Waals surface area contributed by atoms with E-state index in [9.17, 15) is 0 Å². The van der Waals surface area contributed by atoms with Gasteiger partial charge in [-0.25, -0.2) is 0 Å². The third-order valence-corrected chi connectivity index (χ3v) is 11.1. The van der Waals surface area contributed by atoms with Gasteiger partial charge in [-0.2, -0.15) is 0 Å². The number of benzene rings is 9. The summed E-state index contributed by atoms with van der Waals surface area (Å²) in [5.41, 5.74) is 13.3. The highest BCUT2D eigenvalue weighted by Crippen LogP contribution is 2.49. The van der Waals surface area contributed by atoms with Gasteiger partial charge in [-0.05, 0) is 109 Å². The molecule has 2 aromatic heterocycles. The van der Waals surface area contributed by atoms with Crippen molar-refractivity contribution in [1.82, 2.24) is 4.57 Å². The third kappa shape index (κ3) is 3.37. The van der Waals surface area contributed by atoms with Gasteiger partial charge in [0.2, 0.25) is 0 Å². The molecule has 0 saturated carbocycles. The lowest BCUT2D eigenvalue weighted by molar-refractivity contribution is 0.672. The van der Waals surface area contributed by atoms with Crippen molar-refractivity contribution in [2.45, 2.75) is 0 Å². The molecule has 1 aliphatic rings. The maximum atomic E-state index is 6.45. The highest BCUT2D eigenvalue weighted by atomic mass is 16.3. The predicted molar refractivity (Wildman–Crippen MR) is 210 cm³/mol. The minimum Gasteiger partial charge on any atom is -0.455 e.